The number of hydrogen-bond donors (Lipinski definition) is 0. The number of anilines is 1. The molecule has 4 rings (SSSR count). The number of rotatable bonds is 3. The van der Waals surface area contributed by atoms with Gasteiger partial charge in [-0.3, -0.25) is 19.3 Å². The molecule has 144 valence electrons. The molecular formula is C19H17FN4O4. The summed E-state index contributed by atoms with van der Waals surface area (Å²) in [7, 11) is 0. The summed E-state index contributed by atoms with van der Waals surface area (Å²) in [5.74, 6) is -0.340. The zero-order valence-corrected chi connectivity index (χ0v) is 15.0. The van der Waals surface area contributed by atoms with E-state index in [9.17, 15) is 19.3 Å². The summed E-state index contributed by atoms with van der Waals surface area (Å²) < 4.78 is 20.3. The molecule has 1 saturated heterocycles. The molecule has 1 aliphatic heterocycles. The molecule has 2 aromatic heterocycles. The maximum absolute atomic E-state index is 13.2. The smallest absolute Gasteiger partial charge is 0.367 e. The minimum atomic E-state index is -0.733. The SMILES string of the molecule is CC1CN(c2nc3ccccn3c(=O)c2[N+](=O)[O-])CC(c2ccc(F)cc2)O1. The number of ether oxygens (including phenoxy) is 1. The Bertz CT molecular complexity index is 1100. The Morgan fingerprint density at radius 2 is 1.96 bits per heavy atom. The van der Waals surface area contributed by atoms with Gasteiger partial charge in [0, 0.05) is 12.7 Å². The van der Waals surface area contributed by atoms with Crippen LogP contribution >= 0.6 is 0 Å². The zero-order valence-electron chi connectivity index (χ0n) is 15.0. The lowest BCUT2D eigenvalue weighted by Crippen LogP contribution is -2.44. The molecule has 9 heteroatoms. The fraction of sp³-hybridized carbons (Fsp3) is 0.263. The fourth-order valence-electron chi connectivity index (χ4n) is 3.43. The molecule has 3 aromatic rings. The summed E-state index contributed by atoms with van der Waals surface area (Å²) >= 11 is 0. The third kappa shape index (κ3) is 3.20. The lowest BCUT2D eigenvalue weighted by molar-refractivity contribution is -0.385. The minimum Gasteiger partial charge on any atom is -0.367 e. The van der Waals surface area contributed by atoms with Gasteiger partial charge in [0.15, 0.2) is 0 Å². The van der Waals surface area contributed by atoms with E-state index in [-0.39, 0.29) is 24.3 Å². The van der Waals surface area contributed by atoms with Gasteiger partial charge in [-0.05, 0) is 36.8 Å². The lowest BCUT2D eigenvalue weighted by atomic mass is 10.1. The predicted octanol–water partition coefficient (Wildman–Crippen LogP) is 2.71. The summed E-state index contributed by atoms with van der Waals surface area (Å²) in [5.41, 5.74) is -0.234. The number of benzene rings is 1. The summed E-state index contributed by atoms with van der Waals surface area (Å²) in [6.07, 6.45) is 0.754. The number of halogens is 1. The first-order chi connectivity index (χ1) is 13.4. The van der Waals surface area contributed by atoms with Crippen molar-refractivity contribution < 1.29 is 14.1 Å². The first-order valence-corrected chi connectivity index (χ1v) is 8.75. The molecule has 8 nitrogen and oxygen atoms in total. The van der Waals surface area contributed by atoms with Gasteiger partial charge in [-0.2, -0.15) is 0 Å². The molecule has 0 N–H and O–H groups in total. The van der Waals surface area contributed by atoms with E-state index in [4.69, 9.17) is 4.74 Å². The quantitative estimate of drug-likeness (QED) is 0.509. The molecule has 0 amide bonds. The molecule has 0 spiro atoms. The van der Waals surface area contributed by atoms with Crippen LogP contribution in [0.3, 0.4) is 0 Å². The molecule has 1 aromatic carbocycles. The Kier molecular flexibility index (Phi) is 4.52. The van der Waals surface area contributed by atoms with Gasteiger partial charge in [-0.1, -0.05) is 18.2 Å². The molecule has 0 radical (unpaired) electrons. The van der Waals surface area contributed by atoms with Gasteiger partial charge in [0.2, 0.25) is 5.82 Å². The number of nitrogens with zero attached hydrogens (tertiary/aromatic N) is 4. The van der Waals surface area contributed by atoms with Gasteiger partial charge in [-0.15, -0.1) is 0 Å². The lowest BCUT2D eigenvalue weighted by Gasteiger charge is -2.37. The van der Waals surface area contributed by atoms with Crippen LogP contribution in [0, 0.1) is 15.9 Å². The second kappa shape index (κ2) is 7.01. The summed E-state index contributed by atoms with van der Waals surface area (Å²) in [6, 6.07) is 10.9. The Morgan fingerprint density at radius 3 is 2.68 bits per heavy atom. The van der Waals surface area contributed by atoms with Crippen LogP contribution in [-0.4, -0.2) is 33.5 Å². The van der Waals surface area contributed by atoms with Crippen molar-refractivity contribution in [2.75, 3.05) is 18.0 Å². The van der Waals surface area contributed by atoms with Gasteiger partial charge >= 0.3 is 11.2 Å². The number of aromatic nitrogens is 2. The van der Waals surface area contributed by atoms with Crippen LogP contribution in [0.2, 0.25) is 0 Å². The highest BCUT2D eigenvalue weighted by molar-refractivity contribution is 5.62. The van der Waals surface area contributed by atoms with Crippen LogP contribution in [-0.2, 0) is 4.74 Å². The maximum Gasteiger partial charge on any atom is 0.376 e. The van der Waals surface area contributed by atoms with Crippen LogP contribution in [0.15, 0.2) is 53.5 Å². The van der Waals surface area contributed by atoms with E-state index in [0.29, 0.717) is 12.2 Å². The van der Waals surface area contributed by atoms with Gasteiger partial charge in [0.25, 0.3) is 0 Å². The van der Waals surface area contributed by atoms with Gasteiger partial charge < -0.3 is 9.64 Å². The molecule has 0 bridgehead atoms. The van der Waals surface area contributed by atoms with Crippen molar-refractivity contribution in [2.24, 2.45) is 0 Å². The molecule has 0 saturated carbocycles. The molecule has 3 heterocycles. The normalized spacial score (nSPS) is 19.7. The van der Waals surface area contributed by atoms with Crippen molar-refractivity contribution in [1.29, 1.82) is 0 Å². The molecule has 28 heavy (non-hydrogen) atoms. The largest absolute Gasteiger partial charge is 0.376 e. The Labute approximate surface area is 159 Å². The molecule has 0 aliphatic carbocycles. The van der Waals surface area contributed by atoms with Crippen molar-refractivity contribution >= 4 is 17.2 Å². The average Bonchev–Trinajstić information content (AvgIpc) is 2.67. The van der Waals surface area contributed by atoms with Crippen LogP contribution < -0.4 is 10.5 Å². The van der Waals surface area contributed by atoms with Crippen LogP contribution in [0.1, 0.15) is 18.6 Å². The van der Waals surface area contributed by atoms with Gasteiger partial charge in [0.1, 0.15) is 17.6 Å². The third-order valence-electron chi connectivity index (χ3n) is 4.68. The topological polar surface area (TPSA) is 90.0 Å². The fourth-order valence-corrected chi connectivity index (χ4v) is 3.43. The van der Waals surface area contributed by atoms with Gasteiger partial charge in [-0.25, -0.2) is 9.37 Å². The summed E-state index contributed by atoms with van der Waals surface area (Å²) in [4.78, 5) is 29.7. The van der Waals surface area contributed by atoms with Crippen LogP contribution in [0.5, 0.6) is 0 Å². The highest BCUT2D eigenvalue weighted by atomic mass is 19.1. The van der Waals surface area contributed by atoms with E-state index in [1.54, 1.807) is 35.2 Å². The zero-order chi connectivity index (χ0) is 19.8. The number of fused-ring (bicyclic) bond motifs is 1. The average molecular weight is 384 g/mol. The Hall–Kier alpha value is -3.33. The molecule has 1 aliphatic rings. The van der Waals surface area contributed by atoms with Crippen LogP contribution in [0.25, 0.3) is 5.65 Å². The highest BCUT2D eigenvalue weighted by Crippen LogP contribution is 2.31. The standard InChI is InChI=1S/C19H17FN4O4/c1-12-10-22(11-15(28-12)13-5-7-14(20)8-6-13)18-17(24(26)27)19(25)23-9-3-2-4-16(23)21-18/h2-9,12,15H,10-11H2,1H3. The van der Waals surface area contributed by atoms with E-state index in [1.807, 2.05) is 6.92 Å². The second-order valence-electron chi connectivity index (χ2n) is 6.67. The first-order valence-electron chi connectivity index (χ1n) is 8.75. The predicted molar refractivity (Wildman–Crippen MR) is 100 cm³/mol. The molecule has 1 fully saturated rings. The van der Waals surface area contributed by atoms with Crippen molar-refractivity contribution in [2.45, 2.75) is 19.1 Å². The van der Waals surface area contributed by atoms with E-state index in [1.165, 1.54) is 18.3 Å². The van der Waals surface area contributed by atoms with Crippen molar-refractivity contribution in [3.8, 4) is 0 Å². The second-order valence-corrected chi connectivity index (χ2v) is 6.67. The molecule has 2 atom stereocenters. The maximum atomic E-state index is 13.2. The van der Waals surface area contributed by atoms with E-state index in [0.717, 1.165) is 9.96 Å². The summed E-state index contributed by atoms with van der Waals surface area (Å²) in [6.45, 7) is 2.43. The summed E-state index contributed by atoms with van der Waals surface area (Å²) in [5, 5.41) is 11.7. The third-order valence-corrected chi connectivity index (χ3v) is 4.68. The molecular weight excluding hydrogens is 367 g/mol. The highest BCUT2D eigenvalue weighted by Gasteiger charge is 2.34. The monoisotopic (exact) mass is 384 g/mol. The van der Waals surface area contributed by atoms with Crippen molar-refractivity contribution in [3.63, 3.8) is 0 Å². The Balaban J connectivity index is 1.80. The Morgan fingerprint density at radius 1 is 1.21 bits per heavy atom. The first kappa shape index (κ1) is 18.1. The van der Waals surface area contributed by atoms with Gasteiger partial charge in [0.05, 0.1) is 17.6 Å². The number of nitro groups is 1. The van der Waals surface area contributed by atoms with E-state index >= 15 is 0 Å². The van der Waals surface area contributed by atoms with E-state index < -0.39 is 22.3 Å². The molecule has 2 unspecified atom stereocenters. The number of pyridine rings is 1. The van der Waals surface area contributed by atoms with Crippen molar-refractivity contribution in [1.82, 2.24) is 9.38 Å². The number of hydrogen-bond acceptors (Lipinski definition) is 6. The van der Waals surface area contributed by atoms with E-state index in [2.05, 4.69) is 4.98 Å². The van der Waals surface area contributed by atoms with Crippen molar-refractivity contribution in [3.05, 3.63) is 80.5 Å². The number of morpholine rings is 1. The van der Waals surface area contributed by atoms with Crippen LogP contribution in [0.4, 0.5) is 15.9 Å². The minimum absolute atomic E-state index is 0.0171.